The maximum Gasteiger partial charge on any atom is 0.251 e. The van der Waals surface area contributed by atoms with Gasteiger partial charge in [-0.05, 0) is 35.2 Å². The highest BCUT2D eigenvalue weighted by Gasteiger charge is 2.16. The number of carbonyl (C=O) groups excluding carboxylic acids is 2. The lowest BCUT2D eigenvalue weighted by molar-refractivity contribution is -0.129. The summed E-state index contributed by atoms with van der Waals surface area (Å²) in [5.41, 5.74) is 3.61. The summed E-state index contributed by atoms with van der Waals surface area (Å²) in [6.45, 7) is 6.74. The molecule has 1 N–H and O–H groups in total. The molecule has 0 unspecified atom stereocenters. The molecule has 2 aromatic carbocycles. The normalized spacial score (nSPS) is 11.2. The summed E-state index contributed by atoms with van der Waals surface area (Å²) < 4.78 is 1.77. The number of para-hydroxylation sites is 1. The largest absolute Gasteiger partial charge is 0.343 e. The first kappa shape index (κ1) is 21.3. The average molecular weight is 405 g/mol. The van der Waals surface area contributed by atoms with Crippen molar-refractivity contribution in [2.75, 3.05) is 13.6 Å². The first-order chi connectivity index (χ1) is 14.2. The zero-order chi connectivity index (χ0) is 21.7. The molecular weight excluding hydrogens is 376 g/mol. The van der Waals surface area contributed by atoms with Crippen LogP contribution in [-0.4, -0.2) is 40.1 Å². The van der Waals surface area contributed by atoms with E-state index < -0.39 is 0 Å². The molecule has 0 saturated carbocycles. The van der Waals surface area contributed by atoms with E-state index in [1.165, 1.54) is 0 Å². The van der Waals surface area contributed by atoms with Gasteiger partial charge < -0.3 is 10.2 Å². The monoisotopic (exact) mass is 404 g/mol. The Hall–Kier alpha value is -3.41. The van der Waals surface area contributed by atoms with Gasteiger partial charge in [-0.1, -0.05) is 51.1 Å². The first-order valence-corrected chi connectivity index (χ1v) is 9.96. The Bertz CT molecular complexity index is 1000. The average Bonchev–Trinajstić information content (AvgIpc) is 3.20. The Morgan fingerprint density at radius 2 is 1.70 bits per heavy atom. The quantitative estimate of drug-likeness (QED) is 0.683. The van der Waals surface area contributed by atoms with Crippen LogP contribution < -0.4 is 5.32 Å². The molecule has 0 atom stereocenters. The van der Waals surface area contributed by atoms with Crippen LogP contribution >= 0.6 is 0 Å². The Morgan fingerprint density at radius 1 is 1.03 bits per heavy atom. The molecule has 156 valence electrons. The van der Waals surface area contributed by atoms with E-state index in [-0.39, 0.29) is 23.8 Å². The van der Waals surface area contributed by atoms with Crippen molar-refractivity contribution in [3.8, 4) is 5.69 Å². The molecule has 0 fully saturated rings. The van der Waals surface area contributed by atoms with Crippen molar-refractivity contribution in [2.24, 2.45) is 0 Å². The minimum atomic E-state index is -0.255. The zero-order valence-corrected chi connectivity index (χ0v) is 17.9. The lowest BCUT2D eigenvalue weighted by atomic mass is 9.87. The van der Waals surface area contributed by atoms with E-state index in [9.17, 15) is 9.59 Å². The third-order valence-corrected chi connectivity index (χ3v) is 4.92. The van der Waals surface area contributed by atoms with E-state index in [1.807, 2.05) is 48.7 Å². The van der Waals surface area contributed by atoms with Gasteiger partial charge in [0.05, 0.1) is 18.4 Å². The van der Waals surface area contributed by atoms with Crippen molar-refractivity contribution in [1.82, 2.24) is 20.0 Å². The summed E-state index contributed by atoms with van der Waals surface area (Å²) in [5, 5.41) is 7.05. The molecule has 6 heteroatoms. The number of nitrogens with one attached hydrogen (secondary N) is 1. The predicted octanol–water partition coefficient (Wildman–Crippen LogP) is 3.56. The number of hydrogen-bond acceptors (Lipinski definition) is 3. The number of likely N-dealkylation sites (N-methyl/N-ethyl adjacent to an activating group) is 1. The van der Waals surface area contributed by atoms with Crippen molar-refractivity contribution in [1.29, 1.82) is 0 Å². The van der Waals surface area contributed by atoms with Crippen LogP contribution in [0.5, 0.6) is 0 Å². The summed E-state index contributed by atoms with van der Waals surface area (Å²) in [5.74, 6) is -0.420. The van der Waals surface area contributed by atoms with E-state index in [0.717, 1.165) is 16.8 Å². The van der Waals surface area contributed by atoms with Crippen molar-refractivity contribution >= 4 is 11.8 Å². The highest BCUT2D eigenvalue weighted by molar-refractivity contribution is 5.96. The van der Waals surface area contributed by atoms with E-state index in [0.29, 0.717) is 12.1 Å². The van der Waals surface area contributed by atoms with Gasteiger partial charge in [-0.2, -0.15) is 5.10 Å². The Balaban J connectivity index is 1.52. The molecule has 1 aromatic heterocycles. The number of benzene rings is 2. The standard InChI is InChI=1S/C24H28N4O2/c1-24(2,3)20-12-10-19(11-13-20)23(30)25-15-22(29)27(4)16-18-14-26-28(17-18)21-8-6-5-7-9-21/h5-14,17H,15-16H2,1-4H3,(H,25,30). The van der Waals surface area contributed by atoms with Crippen molar-refractivity contribution in [3.63, 3.8) is 0 Å². The van der Waals surface area contributed by atoms with Gasteiger partial charge >= 0.3 is 0 Å². The second-order valence-corrected chi connectivity index (χ2v) is 8.39. The number of aromatic nitrogens is 2. The van der Waals surface area contributed by atoms with Crippen LogP contribution in [0.2, 0.25) is 0 Å². The number of rotatable bonds is 6. The van der Waals surface area contributed by atoms with Crippen molar-refractivity contribution in [2.45, 2.75) is 32.7 Å². The molecule has 0 aliphatic heterocycles. The van der Waals surface area contributed by atoms with Gasteiger partial charge in [0.2, 0.25) is 5.91 Å². The maximum atomic E-state index is 12.4. The van der Waals surface area contributed by atoms with Gasteiger partial charge in [-0.3, -0.25) is 9.59 Å². The van der Waals surface area contributed by atoms with Crippen LogP contribution in [0.25, 0.3) is 5.69 Å². The Morgan fingerprint density at radius 3 is 2.33 bits per heavy atom. The molecule has 0 spiro atoms. The molecule has 1 heterocycles. The van der Waals surface area contributed by atoms with E-state index in [1.54, 1.807) is 35.0 Å². The van der Waals surface area contributed by atoms with E-state index in [4.69, 9.17) is 0 Å². The minimum absolute atomic E-state index is 0.0298. The molecule has 6 nitrogen and oxygen atoms in total. The summed E-state index contributed by atoms with van der Waals surface area (Å²) in [6, 6.07) is 17.3. The van der Waals surface area contributed by atoms with Gasteiger partial charge in [-0.15, -0.1) is 0 Å². The fraction of sp³-hybridized carbons (Fsp3) is 0.292. The van der Waals surface area contributed by atoms with Gasteiger partial charge in [0, 0.05) is 30.9 Å². The fourth-order valence-electron chi connectivity index (χ4n) is 3.04. The first-order valence-electron chi connectivity index (χ1n) is 9.96. The number of hydrogen-bond donors (Lipinski definition) is 1. The van der Waals surface area contributed by atoms with Gasteiger partial charge in [-0.25, -0.2) is 4.68 Å². The second-order valence-electron chi connectivity index (χ2n) is 8.39. The van der Waals surface area contributed by atoms with Crippen LogP contribution in [0.3, 0.4) is 0 Å². The topological polar surface area (TPSA) is 67.2 Å². The molecule has 2 amide bonds. The lowest BCUT2D eigenvalue weighted by Crippen LogP contribution is -2.37. The Kier molecular flexibility index (Phi) is 6.35. The summed E-state index contributed by atoms with van der Waals surface area (Å²) in [7, 11) is 1.71. The van der Waals surface area contributed by atoms with Crippen LogP contribution in [0.15, 0.2) is 67.0 Å². The SMILES string of the molecule is CN(Cc1cnn(-c2ccccc2)c1)C(=O)CNC(=O)c1ccc(C(C)(C)C)cc1. The number of amides is 2. The van der Waals surface area contributed by atoms with Crippen LogP contribution in [0, 0.1) is 0 Å². The third kappa shape index (κ3) is 5.35. The molecule has 0 radical (unpaired) electrons. The third-order valence-electron chi connectivity index (χ3n) is 4.92. The number of carbonyl (C=O) groups is 2. The molecule has 0 aliphatic carbocycles. The number of nitrogens with zero attached hydrogens (tertiary/aromatic N) is 3. The fourth-order valence-corrected chi connectivity index (χ4v) is 3.04. The smallest absolute Gasteiger partial charge is 0.251 e. The van der Waals surface area contributed by atoms with Crippen LogP contribution in [0.1, 0.15) is 42.3 Å². The minimum Gasteiger partial charge on any atom is -0.343 e. The molecular formula is C24H28N4O2. The molecule has 30 heavy (non-hydrogen) atoms. The summed E-state index contributed by atoms with van der Waals surface area (Å²) >= 11 is 0. The predicted molar refractivity (Wildman–Crippen MR) is 118 cm³/mol. The van der Waals surface area contributed by atoms with E-state index >= 15 is 0 Å². The van der Waals surface area contributed by atoms with Crippen LogP contribution in [-0.2, 0) is 16.8 Å². The van der Waals surface area contributed by atoms with Crippen molar-refractivity contribution in [3.05, 3.63) is 83.7 Å². The summed E-state index contributed by atoms with van der Waals surface area (Å²) in [6.07, 6.45) is 3.64. The van der Waals surface area contributed by atoms with E-state index in [2.05, 4.69) is 31.2 Å². The molecule has 0 aliphatic rings. The van der Waals surface area contributed by atoms with Gasteiger partial charge in [0.1, 0.15) is 0 Å². The maximum absolute atomic E-state index is 12.4. The van der Waals surface area contributed by atoms with Crippen LogP contribution in [0.4, 0.5) is 0 Å². The Labute approximate surface area is 177 Å². The molecule has 3 rings (SSSR count). The van der Waals surface area contributed by atoms with Crippen molar-refractivity contribution < 1.29 is 9.59 Å². The van der Waals surface area contributed by atoms with Gasteiger partial charge in [0.15, 0.2) is 0 Å². The molecule has 0 bridgehead atoms. The van der Waals surface area contributed by atoms with Gasteiger partial charge in [0.25, 0.3) is 5.91 Å². The molecule has 0 saturated heterocycles. The highest BCUT2D eigenvalue weighted by atomic mass is 16.2. The lowest BCUT2D eigenvalue weighted by Gasteiger charge is -2.19. The highest BCUT2D eigenvalue weighted by Crippen LogP contribution is 2.22. The zero-order valence-electron chi connectivity index (χ0n) is 17.9. The molecule has 3 aromatic rings. The summed E-state index contributed by atoms with van der Waals surface area (Å²) in [4.78, 5) is 26.4. The second kappa shape index (κ2) is 8.95.